The van der Waals surface area contributed by atoms with Gasteiger partial charge in [0.1, 0.15) is 0 Å². The molecule has 0 saturated heterocycles. The Kier molecular flexibility index (Phi) is 3.05. The summed E-state index contributed by atoms with van der Waals surface area (Å²) in [6.07, 6.45) is 2.54. The number of aryl methyl sites for hydroxylation is 1. The summed E-state index contributed by atoms with van der Waals surface area (Å²) in [5, 5.41) is 7.30. The highest BCUT2D eigenvalue weighted by molar-refractivity contribution is 5.78. The van der Waals surface area contributed by atoms with Gasteiger partial charge in [0, 0.05) is 11.8 Å². The Morgan fingerprint density at radius 2 is 2.24 bits per heavy atom. The number of rotatable bonds is 5. The molecule has 0 spiro atoms. The molecule has 2 rings (SSSR count). The van der Waals surface area contributed by atoms with E-state index in [1.807, 2.05) is 6.92 Å². The van der Waals surface area contributed by atoms with Gasteiger partial charge in [-0.2, -0.15) is 0 Å². The van der Waals surface area contributed by atoms with Crippen molar-refractivity contribution in [1.82, 2.24) is 0 Å². The van der Waals surface area contributed by atoms with E-state index < -0.39 is 0 Å². The van der Waals surface area contributed by atoms with Crippen LogP contribution in [0.25, 0.3) is 0 Å². The first-order valence-electron chi connectivity index (χ1n) is 5.73. The van der Waals surface area contributed by atoms with Gasteiger partial charge in [0.05, 0.1) is 12.4 Å². The number of benzene rings is 1. The highest BCUT2D eigenvalue weighted by Crippen LogP contribution is 2.48. The van der Waals surface area contributed by atoms with Gasteiger partial charge in [-0.05, 0) is 37.5 Å². The quantitative estimate of drug-likeness (QED) is 0.610. The zero-order chi connectivity index (χ0) is 12.5. The van der Waals surface area contributed by atoms with Crippen LogP contribution in [0.5, 0.6) is 5.75 Å². The fourth-order valence-electron chi connectivity index (χ4n) is 1.90. The van der Waals surface area contributed by atoms with Gasteiger partial charge >= 0.3 is 0 Å². The van der Waals surface area contributed by atoms with Crippen molar-refractivity contribution in [3.63, 3.8) is 0 Å². The van der Waals surface area contributed by atoms with Crippen molar-refractivity contribution in [1.29, 1.82) is 5.41 Å². The van der Waals surface area contributed by atoms with E-state index in [1.54, 1.807) is 12.1 Å². The first-order chi connectivity index (χ1) is 8.01. The molecule has 1 aromatic carbocycles. The fraction of sp³-hybridized carbons (Fsp3) is 0.462. The highest BCUT2D eigenvalue weighted by atomic mass is 19.1. The van der Waals surface area contributed by atoms with Crippen LogP contribution in [0.15, 0.2) is 18.2 Å². The van der Waals surface area contributed by atoms with Crippen LogP contribution in [0.1, 0.15) is 24.8 Å². The third kappa shape index (κ3) is 2.96. The van der Waals surface area contributed by atoms with Gasteiger partial charge in [-0.15, -0.1) is 0 Å². The zero-order valence-electron chi connectivity index (χ0n) is 9.92. The van der Waals surface area contributed by atoms with Crippen molar-refractivity contribution >= 4 is 5.84 Å². The molecule has 0 aromatic heterocycles. The maximum absolute atomic E-state index is 13.4. The maximum Gasteiger partial charge on any atom is 0.165 e. The van der Waals surface area contributed by atoms with Crippen molar-refractivity contribution in [2.45, 2.75) is 26.2 Å². The van der Waals surface area contributed by atoms with Crippen molar-refractivity contribution in [2.75, 3.05) is 6.61 Å². The average Bonchev–Trinajstić information content (AvgIpc) is 2.99. The van der Waals surface area contributed by atoms with Crippen LogP contribution >= 0.6 is 0 Å². The predicted octanol–water partition coefficient (Wildman–Crippen LogP) is 2.62. The molecule has 17 heavy (non-hydrogen) atoms. The minimum absolute atomic E-state index is 0.0258. The summed E-state index contributed by atoms with van der Waals surface area (Å²) >= 11 is 0. The van der Waals surface area contributed by atoms with Crippen LogP contribution in [0.4, 0.5) is 4.39 Å². The molecule has 0 aliphatic heterocycles. The van der Waals surface area contributed by atoms with Crippen LogP contribution in [0.2, 0.25) is 0 Å². The summed E-state index contributed by atoms with van der Waals surface area (Å²) in [5.41, 5.74) is 6.34. The Labute approximate surface area is 100 Å². The van der Waals surface area contributed by atoms with E-state index in [2.05, 4.69) is 0 Å². The summed E-state index contributed by atoms with van der Waals surface area (Å²) in [6.45, 7) is 2.34. The van der Waals surface area contributed by atoms with Crippen molar-refractivity contribution < 1.29 is 9.13 Å². The lowest BCUT2D eigenvalue weighted by atomic mass is 10.0. The molecule has 1 fully saturated rings. The van der Waals surface area contributed by atoms with E-state index in [0.717, 1.165) is 18.4 Å². The SMILES string of the molecule is Cc1ccc(F)c(OCC2(CC(=N)N)CC2)c1. The molecule has 92 valence electrons. The second-order valence-corrected chi connectivity index (χ2v) is 4.92. The van der Waals surface area contributed by atoms with Gasteiger partial charge < -0.3 is 10.5 Å². The summed E-state index contributed by atoms with van der Waals surface area (Å²) in [5.74, 6) is 0.130. The van der Waals surface area contributed by atoms with E-state index in [4.69, 9.17) is 15.9 Å². The van der Waals surface area contributed by atoms with E-state index >= 15 is 0 Å². The number of hydrogen-bond acceptors (Lipinski definition) is 2. The molecule has 1 aromatic rings. The number of halogens is 1. The molecule has 0 amide bonds. The van der Waals surface area contributed by atoms with Crippen LogP contribution in [-0.4, -0.2) is 12.4 Å². The van der Waals surface area contributed by atoms with Crippen LogP contribution in [0, 0.1) is 23.6 Å². The van der Waals surface area contributed by atoms with E-state index in [-0.39, 0.29) is 17.1 Å². The van der Waals surface area contributed by atoms with Crippen LogP contribution in [0.3, 0.4) is 0 Å². The molecule has 3 N–H and O–H groups in total. The summed E-state index contributed by atoms with van der Waals surface area (Å²) in [7, 11) is 0. The average molecular weight is 236 g/mol. The van der Waals surface area contributed by atoms with E-state index in [1.165, 1.54) is 6.07 Å². The number of ether oxygens (including phenoxy) is 1. The summed E-state index contributed by atoms with van der Waals surface area (Å²) in [6, 6.07) is 4.82. The normalized spacial score (nSPS) is 16.6. The molecule has 0 atom stereocenters. The third-order valence-corrected chi connectivity index (χ3v) is 3.14. The number of nitrogens with one attached hydrogen (secondary N) is 1. The molecule has 0 radical (unpaired) electrons. The molecule has 1 aliphatic carbocycles. The Bertz CT molecular complexity index is 441. The topological polar surface area (TPSA) is 59.1 Å². The number of hydrogen-bond donors (Lipinski definition) is 2. The maximum atomic E-state index is 13.4. The second-order valence-electron chi connectivity index (χ2n) is 4.92. The predicted molar refractivity (Wildman–Crippen MR) is 64.8 cm³/mol. The van der Waals surface area contributed by atoms with Gasteiger partial charge in [0.2, 0.25) is 0 Å². The van der Waals surface area contributed by atoms with Gasteiger partial charge in [-0.3, -0.25) is 5.41 Å². The minimum Gasteiger partial charge on any atom is -0.490 e. The van der Waals surface area contributed by atoms with Gasteiger partial charge in [0.25, 0.3) is 0 Å². The van der Waals surface area contributed by atoms with Gasteiger partial charge in [0.15, 0.2) is 11.6 Å². The standard InChI is InChI=1S/C13H17FN2O/c1-9-2-3-10(14)11(6-9)17-8-13(4-5-13)7-12(15)16/h2-3,6H,4-5,7-8H2,1H3,(H3,15,16). The summed E-state index contributed by atoms with van der Waals surface area (Å²) in [4.78, 5) is 0. The Morgan fingerprint density at radius 3 is 2.82 bits per heavy atom. The van der Waals surface area contributed by atoms with Gasteiger partial charge in [-0.25, -0.2) is 4.39 Å². The van der Waals surface area contributed by atoms with Crippen LogP contribution in [-0.2, 0) is 0 Å². The summed E-state index contributed by atoms with van der Waals surface area (Å²) < 4.78 is 19.0. The molecule has 4 heteroatoms. The lowest BCUT2D eigenvalue weighted by Gasteiger charge is -2.16. The van der Waals surface area contributed by atoms with Crippen molar-refractivity contribution in [3.05, 3.63) is 29.6 Å². The van der Waals surface area contributed by atoms with Gasteiger partial charge in [-0.1, -0.05) is 6.07 Å². The smallest absolute Gasteiger partial charge is 0.165 e. The van der Waals surface area contributed by atoms with Crippen molar-refractivity contribution in [3.8, 4) is 5.75 Å². The molecule has 0 unspecified atom stereocenters. The fourth-order valence-corrected chi connectivity index (χ4v) is 1.90. The molecular weight excluding hydrogens is 219 g/mol. The first kappa shape index (κ1) is 11.9. The minimum atomic E-state index is -0.339. The molecular formula is C13H17FN2O. The van der Waals surface area contributed by atoms with E-state index in [9.17, 15) is 4.39 Å². The monoisotopic (exact) mass is 236 g/mol. The first-order valence-corrected chi connectivity index (χ1v) is 5.73. The van der Waals surface area contributed by atoms with E-state index in [0.29, 0.717) is 18.8 Å². The lowest BCUT2D eigenvalue weighted by Crippen LogP contribution is -2.22. The Hall–Kier alpha value is -1.58. The van der Waals surface area contributed by atoms with Crippen molar-refractivity contribution in [2.24, 2.45) is 11.1 Å². The zero-order valence-corrected chi connectivity index (χ0v) is 9.92. The molecule has 0 bridgehead atoms. The third-order valence-electron chi connectivity index (χ3n) is 3.14. The lowest BCUT2D eigenvalue weighted by molar-refractivity contribution is 0.229. The second kappa shape index (κ2) is 4.35. The molecule has 1 saturated carbocycles. The van der Waals surface area contributed by atoms with Crippen LogP contribution < -0.4 is 10.5 Å². The molecule has 3 nitrogen and oxygen atoms in total. The molecule has 1 aliphatic rings. The Morgan fingerprint density at radius 1 is 1.53 bits per heavy atom. The molecule has 0 heterocycles. The highest BCUT2D eigenvalue weighted by Gasteiger charge is 2.44. The Balaban J connectivity index is 1.98. The number of amidine groups is 1. The largest absolute Gasteiger partial charge is 0.490 e. The number of nitrogens with two attached hydrogens (primary N) is 1.